The van der Waals surface area contributed by atoms with Crippen molar-refractivity contribution < 1.29 is 14.6 Å². The van der Waals surface area contributed by atoms with Gasteiger partial charge in [-0.1, -0.05) is 24.6 Å². The second-order valence-corrected chi connectivity index (χ2v) is 7.38. The molecule has 1 aliphatic carbocycles. The summed E-state index contributed by atoms with van der Waals surface area (Å²) in [4.78, 5) is 12.2. The van der Waals surface area contributed by atoms with Crippen molar-refractivity contribution in [3.63, 3.8) is 0 Å². The van der Waals surface area contributed by atoms with Crippen LogP contribution in [0.2, 0.25) is 0 Å². The number of benzene rings is 2. The Kier molecular flexibility index (Phi) is 6.01. The van der Waals surface area contributed by atoms with Crippen molar-refractivity contribution in [3.05, 3.63) is 58.1 Å². The van der Waals surface area contributed by atoms with E-state index in [-0.39, 0.29) is 17.4 Å². The highest BCUT2D eigenvalue weighted by Crippen LogP contribution is 2.35. The van der Waals surface area contributed by atoms with Crippen molar-refractivity contribution in [3.8, 4) is 11.5 Å². The van der Waals surface area contributed by atoms with E-state index in [4.69, 9.17) is 10.6 Å². The summed E-state index contributed by atoms with van der Waals surface area (Å²) in [6.45, 7) is 4.18. The molecule has 5 heteroatoms. The van der Waals surface area contributed by atoms with Gasteiger partial charge < -0.3 is 9.84 Å². The van der Waals surface area contributed by atoms with Gasteiger partial charge in [-0.3, -0.25) is 10.2 Å². The van der Waals surface area contributed by atoms with Crippen LogP contribution in [0.3, 0.4) is 0 Å². The first kappa shape index (κ1) is 19.2. The fourth-order valence-electron chi connectivity index (χ4n) is 3.69. The summed E-state index contributed by atoms with van der Waals surface area (Å²) in [5, 5.41) is 10.6. The van der Waals surface area contributed by atoms with E-state index in [0.717, 1.165) is 31.2 Å². The molecular formula is C22H28N2O3. The highest BCUT2D eigenvalue weighted by molar-refractivity contribution is 5.97. The molecule has 4 N–H and O–H groups in total. The first-order valence-electron chi connectivity index (χ1n) is 9.58. The number of carbonyl (C=O) groups excluding carboxylic acids is 1. The Bertz CT molecular complexity index is 827. The average Bonchev–Trinajstić information content (AvgIpc) is 2.68. The van der Waals surface area contributed by atoms with Gasteiger partial charge in [0.1, 0.15) is 0 Å². The first-order valence-corrected chi connectivity index (χ1v) is 9.58. The van der Waals surface area contributed by atoms with Crippen molar-refractivity contribution in [2.24, 2.45) is 5.84 Å². The molecule has 1 amide bonds. The molecule has 144 valence electrons. The monoisotopic (exact) mass is 368 g/mol. The number of aromatic hydroxyl groups is 1. The number of rotatable bonds is 5. The molecule has 0 spiro atoms. The van der Waals surface area contributed by atoms with Crippen molar-refractivity contribution in [1.82, 2.24) is 5.43 Å². The van der Waals surface area contributed by atoms with Gasteiger partial charge in [-0.25, -0.2) is 5.84 Å². The molecule has 1 fully saturated rings. The molecule has 0 bridgehead atoms. The number of phenols is 1. The molecule has 0 aliphatic heterocycles. The molecule has 27 heavy (non-hydrogen) atoms. The molecule has 0 radical (unpaired) electrons. The molecule has 0 unspecified atom stereocenters. The predicted molar refractivity (Wildman–Crippen MR) is 106 cm³/mol. The van der Waals surface area contributed by atoms with Gasteiger partial charge in [-0.2, -0.15) is 0 Å². The zero-order chi connectivity index (χ0) is 19.4. The molecule has 1 aliphatic rings. The van der Waals surface area contributed by atoms with Gasteiger partial charge in [-0.05, 0) is 80.3 Å². The number of nitrogens with one attached hydrogen (secondary N) is 1. The van der Waals surface area contributed by atoms with Crippen molar-refractivity contribution in [1.29, 1.82) is 0 Å². The fraction of sp³-hybridized carbons (Fsp3) is 0.409. The minimum absolute atomic E-state index is 0.0781. The van der Waals surface area contributed by atoms with E-state index in [2.05, 4.69) is 31.4 Å². The Balaban J connectivity index is 1.96. The lowest BCUT2D eigenvalue weighted by molar-refractivity contribution is 0.0948. The quantitative estimate of drug-likeness (QED) is 0.424. The molecule has 0 atom stereocenters. The Morgan fingerprint density at radius 1 is 1.22 bits per heavy atom. The third-order valence-corrected chi connectivity index (χ3v) is 5.47. The standard InChI is InChI=1S/C22H28N2O3/c1-14-7-6-8-17(15(14)2)11-16-12-19(22(26)24-23)21(25)20(13-16)27-18-9-4-3-5-10-18/h6-8,12-13,18,25H,3-5,9-11,23H2,1-2H3,(H,24,26). The number of carbonyl (C=O) groups is 1. The fourth-order valence-corrected chi connectivity index (χ4v) is 3.69. The van der Waals surface area contributed by atoms with Crippen LogP contribution in [0, 0.1) is 13.8 Å². The third kappa shape index (κ3) is 4.42. The van der Waals surface area contributed by atoms with Gasteiger partial charge in [0.2, 0.25) is 0 Å². The van der Waals surface area contributed by atoms with Crippen LogP contribution in [0.1, 0.15) is 64.7 Å². The number of ether oxygens (including phenoxy) is 1. The predicted octanol–water partition coefficient (Wildman–Crippen LogP) is 3.91. The van der Waals surface area contributed by atoms with E-state index >= 15 is 0 Å². The van der Waals surface area contributed by atoms with Crippen LogP contribution in [0.4, 0.5) is 0 Å². The van der Waals surface area contributed by atoms with Crippen LogP contribution in [-0.2, 0) is 6.42 Å². The summed E-state index contributed by atoms with van der Waals surface area (Å²) in [7, 11) is 0. The highest BCUT2D eigenvalue weighted by Gasteiger charge is 2.21. The number of amides is 1. The molecule has 0 saturated heterocycles. The maximum atomic E-state index is 12.2. The van der Waals surface area contributed by atoms with E-state index < -0.39 is 5.91 Å². The minimum atomic E-state index is -0.524. The first-order chi connectivity index (χ1) is 13.0. The molecule has 5 nitrogen and oxygen atoms in total. The summed E-state index contributed by atoms with van der Waals surface area (Å²) >= 11 is 0. The van der Waals surface area contributed by atoms with Crippen molar-refractivity contribution >= 4 is 5.91 Å². The Morgan fingerprint density at radius 2 is 1.96 bits per heavy atom. The van der Waals surface area contributed by atoms with E-state index in [1.165, 1.54) is 23.1 Å². The van der Waals surface area contributed by atoms with Gasteiger partial charge in [-0.15, -0.1) is 0 Å². The topological polar surface area (TPSA) is 84.6 Å². The summed E-state index contributed by atoms with van der Waals surface area (Å²) in [6.07, 6.45) is 6.15. The molecule has 0 heterocycles. The summed E-state index contributed by atoms with van der Waals surface area (Å²) in [5.41, 5.74) is 6.80. The lowest BCUT2D eigenvalue weighted by atomic mass is 9.95. The maximum Gasteiger partial charge on any atom is 0.269 e. The van der Waals surface area contributed by atoms with Crippen molar-refractivity contribution in [2.45, 2.75) is 58.5 Å². The smallest absolute Gasteiger partial charge is 0.269 e. The summed E-state index contributed by atoms with van der Waals surface area (Å²) in [5.74, 6) is 5.00. The third-order valence-electron chi connectivity index (χ3n) is 5.47. The van der Waals surface area contributed by atoms with Crippen LogP contribution in [0.5, 0.6) is 11.5 Å². The number of hydrogen-bond donors (Lipinski definition) is 3. The Hall–Kier alpha value is -2.53. The normalized spacial score (nSPS) is 14.8. The van der Waals surface area contributed by atoms with Gasteiger partial charge >= 0.3 is 0 Å². The number of aryl methyl sites for hydroxylation is 1. The van der Waals surface area contributed by atoms with Crippen LogP contribution >= 0.6 is 0 Å². The molecule has 2 aromatic rings. The second kappa shape index (κ2) is 8.44. The molecule has 3 rings (SSSR count). The molecular weight excluding hydrogens is 340 g/mol. The van der Waals surface area contributed by atoms with E-state index in [9.17, 15) is 9.90 Å². The summed E-state index contributed by atoms with van der Waals surface area (Å²) in [6, 6.07) is 9.73. The largest absolute Gasteiger partial charge is 0.504 e. The number of nitrogens with two attached hydrogens (primary N) is 1. The van der Waals surface area contributed by atoms with Gasteiger partial charge in [0.25, 0.3) is 5.91 Å². The SMILES string of the molecule is Cc1cccc(Cc2cc(OC3CCCCC3)c(O)c(C(=O)NN)c2)c1C. The lowest BCUT2D eigenvalue weighted by Crippen LogP contribution is -2.30. The van der Waals surface area contributed by atoms with E-state index in [1.54, 1.807) is 6.07 Å². The van der Waals surface area contributed by atoms with Crippen LogP contribution in [0.25, 0.3) is 0 Å². The number of hydrogen-bond acceptors (Lipinski definition) is 4. The highest BCUT2D eigenvalue weighted by atomic mass is 16.5. The average molecular weight is 368 g/mol. The van der Waals surface area contributed by atoms with Crippen LogP contribution < -0.4 is 16.0 Å². The Labute approximate surface area is 160 Å². The lowest BCUT2D eigenvalue weighted by Gasteiger charge is -2.24. The number of nitrogen functional groups attached to an aromatic ring is 1. The molecule has 1 saturated carbocycles. The van der Waals surface area contributed by atoms with E-state index in [0.29, 0.717) is 12.2 Å². The maximum absolute atomic E-state index is 12.2. The van der Waals surface area contributed by atoms with Gasteiger partial charge in [0.15, 0.2) is 11.5 Å². The second-order valence-electron chi connectivity index (χ2n) is 7.38. The number of phenolic OH excluding ortho intramolecular Hbond substituents is 1. The summed E-state index contributed by atoms with van der Waals surface area (Å²) < 4.78 is 6.08. The minimum Gasteiger partial charge on any atom is -0.504 e. The zero-order valence-electron chi connectivity index (χ0n) is 16.0. The van der Waals surface area contributed by atoms with Crippen LogP contribution in [0.15, 0.2) is 30.3 Å². The van der Waals surface area contributed by atoms with Crippen molar-refractivity contribution in [2.75, 3.05) is 0 Å². The molecule has 0 aromatic heterocycles. The van der Waals surface area contributed by atoms with Gasteiger partial charge in [0.05, 0.1) is 11.7 Å². The Morgan fingerprint density at radius 3 is 2.67 bits per heavy atom. The molecule has 2 aromatic carbocycles. The zero-order valence-corrected chi connectivity index (χ0v) is 16.0. The van der Waals surface area contributed by atoms with Crippen LogP contribution in [-0.4, -0.2) is 17.1 Å². The van der Waals surface area contributed by atoms with E-state index in [1.807, 2.05) is 12.1 Å². The number of hydrazine groups is 1. The van der Waals surface area contributed by atoms with Gasteiger partial charge in [0, 0.05) is 0 Å².